The van der Waals surface area contributed by atoms with Gasteiger partial charge in [0.2, 0.25) is 0 Å². The van der Waals surface area contributed by atoms with Crippen molar-refractivity contribution in [1.29, 1.82) is 0 Å². The van der Waals surface area contributed by atoms with Gasteiger partial charge in [0.05, 0.1) is 18.7 Å². The SMILES string of the molecule is CNC(=O)[C@@]1(C)CN(C(=O)c2cnc(C3CC3)nc2)CCO1. The average Bonchev–Trinajstić information content (AvgIpc) is 3.38. The van der Waals surface area contributed by atoms with Crippen molar-refractivity contribution in [2.24, 2.45) is 0 Å². The third-order valence-corrected chi connectivity index (χ3v) is 4.13. The molecule has 1 saturated heterocycles. The number of aromatic nitrogens is 2. The minimum Gasteiger partial charge on any atom is -0.362 e. The van der Waals surface area contributed by atoms with Crippen molar-refractivity contribution in [2.45, 2.75) is 31.3 Å². The summed E-state index contributed by atoms with van der Waals surface area (Å²) in [5, 5.41) is 2.57. The maximum atomic E-state index is 12.6. The van der Waals surface area contributed by atoms with E-state index in [-0.39, 0.29) is 18.4 Å². The van der Waals surface area contributed by atoms with Crippen LogP contribution in [-0.2, 0) is 9.53 Å². The topological polar surface area (TPSA) is 84.4 Å². The van der Waals surface area contributed by atoms with Gasteiger partial charge < -0.3 is 15.0 Å². The van der Waals surface area contributed by atoms with Gasteiger partial charge in [-0.15, -0.1) is 0 Å². The Bertz CT molecular complexity index is 585. The van der Waals surface area contributed by atoms with Crippen molar-refractivity contribution in [1.82, 2.24) is 20.2 Å². The molecule has 2 heterocycles. The standard InChI is InChI=1S/C15H20N4O3/c1-15(14(21)16-2)9-19(5-6-22-15)13(20)11-7-17-12(18-8-11)10-3-4-10/h7-8,10H,3-6,9H2,1-2H3,(H,16,21)/t15-/m1/s1. The van der Waals surface area contributed by atoms with E-state index in [1.165, 1.54) is 0 Å². The van der Waals surface area contributed by atoms with E-state index in [9.17, 15) is 9.59 Å². The second-order valence-electron chi connectivity index (χ2n) is 5.99. The molecule has 118 valence electrons. The first-order chi connectivity index (χ1) is 10.5. The number of carbonyl (C=O) groups is 2. The zero-order valence-electron chi connectivity index (χ0n) is 12.8. The Morgan fingerprint density at radius 1 is 1.36 bits per heavy atom. The van der Waals surface area contributed by atoms with Crippen LogP contribution in [0.25, 0.3) is 0 Å². The van der Waals surface area contributed by atoms with Gasteiger partial charge >= 0.3 is 0 Å². The quantitative estimate of drug-likeness (QED) is 0.870. The molecule has 2 fully saturated rings. The first-order valence-corrected chi connectivity index (χ1v) is 7.51. The van der Waals surface area contributed by atoms with E-state index in [0.717, 1.165) is 18.7 Å². The van der Waals surface area contributed by atoms with Gasteiger partial charge in [0.1, 0.15) is 5.82 Å². The first-order valence-electron chi connectivity index (χ1n) is 7.51. The Kier molecular flexibility index (Phi) is 3.82. The lowest BCUT2D eigenvalue weighted by Gasteiger charge is -2.38. The van der Waals surface area contributed by atoms with Gasteiger partial charge in [-0.3, -0.25) is 9.59 Å². The van der Waals surface area contributed by atoms with Gasteiger partial charge in [0, 0.05) is 31.9 Å². The molecule has 2 amide bonds. The third-order valence-electron chi connectivity index (χ3n) is 4.13. The number of carbonyl (C=O) groups excluding carboxylic acids is 2. The molecule has 7 heteroatoms. The first kappa shape index (κ1) is 14.9. The highest BCUT2D eigenvalue weighted by molar-refractivity contribution is 5.94. The number of rotatable bonds is 3. The van der Waals surface area contributed by atoms with Gasteiger partial charge in [-0.1, -0.05) is 0 Å². The van der Waals surface area contributed by atoms with E-state index in [0.29, 0.717) is 24.6 Å². The second kappa shape index (κ2) is 5.64. The van der Waals surface area contributed by atoms with Crippen LogP contribution >= 0.6 is 0 Å². The summed E-state index contributed by atoms with van der Waals surface area (Å²) in [5.74, 6) is 0.879. The second-order valence-corrected chi connectivity index (χ2v) is 5.99. The van der Waals surface area contributed by atoms with Crippen LogP contribution in [0.1, 0.15) is 41.9 Å². The number of morpholine rings is 1. The van der Waals surface area contributed by atoms with Crippen molar-refractivity contribution in [3.8, 4) is 0 Å². The van der Waals surface area contributed by atoms with E-state index in [1.54, 1.807) is 31.3 Å². The summed E-state index contributed by atoms with van der Waals surface area (Å²) in [6, 6.07) is 0. The molecular formula is C15H20N4O3. The fraction of sp³-hybridized carbons (Fsp3) is 0.600. The summed E-state index contributed by atoms with van der Waals surface area (Å²) in [6.07, 6.45) is 5.41. The lowest BCUT2D eigenvalue weighted by atomic mass is 10.0. The minimum atomic E-state index is -1.02. The van der Waals surface area contributed by atoms with E-state index in [2.05, 4.69) is 15.3 Å². The van der Waals surface area contributed by atoms with E-state index >= 15 is 0 Å². The molecule has 22 heavy (non-hydrogen) atoms. The van der Waals surface area contributed by atoms with Crippen LogP contribution in [-0.4, -0.2) is 59.0 Å². The molecule has 1 saturated carbocycles. The van der Waals surface area contributed by atoms with E-state index in [1.807, 2.05) is 0 Å². The predicted octanol–water partition coefficient (Wildman–Crippen LogP) is 0.331. The number of likely N-dealkylation sites (N-methyl/N-ethyl adjacent to an activating group) is 1. The van der Waals surface area contributed by atoms with Crippen LogP contribution in [0.4, 0.5) is 0 Å². The van der Waals surface area contributed by atoms with Crippen LogP contribution in [0, 0.1) is 0 Å². The van der Waals surface area contributed by atoms with Crippen molar-refractivity contribution in [2.75, 3.05) is 26.7 Å². The fourth-order valence-electron chi connectivity index (χ4n) is 2.63. The summed E-state index contributed by atoms with van der Waals surface area (Å²) < 4.78 is 5.56. The number of ether oxygens (including phenoxy) is 1. The fourth-order valence-corrected chi connectivity index (χ4v) is 2.63. The summed E-state index contributed by atoms with van der Waals surface area (Å²) in [7, 11) is 1.56. The van der Waals surface area contributed by atoms with E-state index in [4.69, 9.17) is 4.74 Å². The summed E-state index contributed by atoms with van der Waals surface area (Å²) >= 11 is 0. The predicted molar refractivity (Wildman–Crippen MR) is 78.3 cm³/mol. The van der Waals surface area contributed by atoms with Crippen LogP contribution in [0.15, 0.2) is 12.4 Å². The van der Waals surface area contributed by atoms with Gasteiger partial charge in [0.15, 0.2) is 5.60 Å². The maximum absolute atomic E-state index is 12.6. The summed E-state index contributed by atoms with van der Waals surface area (Å²) in [5.41, 5.74) is -0.567. The Hall–Kier alpha value is -2.02. The molecule has 0 spiro atoms. The largest absolute Gasteiger partial charge is 0.362 e. The maximum Gasteiger partial charge on any atom is 0.257 e. The molecule has 2 aliphatic rings. The average molecular weight is 304 g/mol. The zero-order valence-corrected chi connectivity index (χ0v) is 12.8. The molecule has 1 aliphatic heterocycles. The molecular weight excluding hydrogens is 284 g/mol. The molecule has 7 nitrogen and oxygen atoms in total. The number of nitrogens with zero attached hydrogens (tertiary/aromatic N) is 3. The molecule has 3 rings (SSSR count). The number of amides is 2. The smallest absolute Gasteiger partial charge is 0.257 e. The minimum absolute atomic E-state index is 0.166. The molecule has 1 aliphatic carbocycles. The third kappa shape index (κ3) is 2.81. The Labute approximate surface area is 129 Å². The molecule has 0 radical (unpaired) electrons. The number of nitrogens with one attached hydrogen (secondary N) is 1. The van der Waals surface area contributed by atoms with Crippen molar-refractivity contribution in [3.63, 3.8) is 0 Å². The van der Waals surface area contributed by atoms with Gasteiger partial charge in [-0.2, -0.15) is 0 Å². The lowest BCUT2D eigenvalue weighted by molar-refractivity contribution is -0.153. The normalized spacial score (nSPS) is 24.9. The van der Waals surface area contributed by atoms with Crippen molar-refractivity contribution < 1.29 is 14.3 Å². The molecule has 1 N–H and O–H groups in total. The lowest BCUT2D eigenvalue weighted by Crippen LogP contribution is -2.58. The molecule has 1 atom stereocenters. The zero-order chi connectivity index (χ0) is 15.7. The molecule has 0 unspecified atom stereocenters. The highest BCUT2D eigenvalue weighted by Crippen LogP contribution is 2.37. The molecule has 1 aromatic heterocycles. The number of hydrogen-bond donors (Lipinski definition) is 1. The van der Waals surface area contributed by atoms with Crippen molar-refractivity contribution >= 4 is 11.8 Å². The molecule has 0 aromatic carbocycles. The van der Waals surface area contributed by atoms with Crippen LogP contribution in [0.3, 0.4) is 0 Å². The number of hydrogen-bond acceptors (Lipinski definition) is 5. The molecule has 1 aromatic rings. The Morgan fingerprint density at radius 3 is 2.64 bits per heavy atom. The van der Waals surface area contributed by atoms with Crippen LogP contribution in [0.5, 0.6) is 0 Å². The van der Waals surface area contributed by atoms with E-state index < -0.39 is 5.60 Å². The monoisotopic (exact) mass is 304 g/mol. The Balaban J connectivity index is 1.72. The van der Waals surface area contributed by atoms with Gasteiger partial charge in [-0.25, -0.2) is 9.97 Å². The highest BCUT2D eigenvalue weighted by Gasteiger charge is 2.40. The van der Waals surface area contributed by atoms with Crippen LogP contribution < -0.4 is 5.32 Å². The summed E-state index contributed by atoms with van der Waals surface area (Å²) in [4.78, 5) is 34.6. The van der Waals surface area contributed by atoms with Crippen LogP contribution in [0.2, 0.25) is 0 Å². The molecule has 0 bridgehead atoms. The Morgan fingerprint density at radius 2 is 2.05 bits per heavy atom. The van der Waals surface area contributed by atoms with Crippen molar-refractivity contribution in [3.05, 3.63) is 23.8 Å². The van der Waals surface area contributed by atoms with Gasteiger partial charge in [0.25, 0.3) is 11.8 Å². The highest BCUT2D eigenvalue weighted by atomic mass is 16.5. The van der Waals surface area contributed by atoms with Gasteiger partial charge in [-0.05, 0) is 19.8 Å². The summed E-state index contributed by atoms with van der Waals surface area (Å²) in [6.45, 7) is 2.69.